The smallest absolute Gasteiger partial charge is 0.410 e. The molecular formula is C34H42N4O4. The second-order valence-corrected chi connectivity index (χ2v) is 12.8. The third kappa shape index (κ3) is 6.01. The number of fused-ring (bicyclic) bond motifs is 2. The predicted octanol–water partition coefficient (Wildman–Crippen LogP) is 6.25. The number of hydrogen-bond acceptors (Lipinski definition) is 7. The lowest BCUT2D eigenvalue weighted by Gasteiger charge is -2.31. The number of carbonyl (C=O) groups is 1. The van der Waals surface area contributed by atoms with E-state index in [4.69, 9.17) is 24.2 Å². The fourth-order valence-corrected chi connectivity index (χ4v) is 6.34. The van der Waals surface area contributed by atoms with E-state index < -0.39 is 5.60 Å². The molecular weight excluding hydrogens is 528 g/mol. The Kier molecular flexibility index (Phi) is 7.94. The van der Waals surface area contributed by atoms with Gasteiger partial charge in [0.25, 0.3) is 0 Å². The molecule has 8 heteroatoms. The topological polar surface area (TPSA) is 77.0 Å². The maximum Gasteiger partial charge on any atom is 0.410 e. The van der Waals surface area contributed by atoms with Crippen molar-refractivity contribution in [2.45, 2.75) is 77.7 Å². The Morgan fingerprint density at radius 1 is 1.12 bits per heavy atom. The first kappa shape index (κ1) is 28.6. The van der Waals surface area contributed by atoms with Gasteiger partial charge in [0, 0.05) is 31.1 Å². The van der Waals surface area contributed by atoms with Gasteiger partial charge in [-0.1, -0.05) is 42.5 Å². The number of hydrogen-bond donors (Lipinski definition) is 0. The van der Waals surface area contributed by atoms with E-state index in [0.717, 1.165) is 35.5 Å². The van der Waals surface area contributed by atoms with Gasteiger partial charge in [0.2, 0.25) is 0 Å². The van der Waals surface area contributed by atoms with E-state index in [9.17, 15) is 4.79 Å². The first-order valence-corrected chi connectivity index (χ1v) is 15.2. The third-order valence-corrected chi connectivity index (χ3v) is 8.61. The molecule has 222 valence electrons. The van der Waals surface area contributed by atoms with Crippen molar-refractivity contribution in [1.82, 2.24) is 19.8 Å². The van der Waals surface area contributed by atoms with E-state index in [1.165, 1.54) is 28.3 Å². The highest BCUT2D eigenvalue weighted by Crippen LogP contribution is 2.38. The highest BCUT2D eigenvalue weighted by Gasteiger charge is 2.31. The molecule has 1 amide bonds. The van der Waals surface area contributed by atoms with Gasteiger partial charge < -0.3 is 24.0 Å². The molecule has 0 spiro atoms. The first-order chi connectivity index (χ1) is 20.2. The van der Waals surface area contributed by atoms with Crippen molar-refractivity contribution < 1.29 is 19.0 Å². The molecule has 8 nitrogen and oxygen atoms in total. The fourth-order valence-electron chi connectivity index (χ4n) is 6.34. The summed E-state index contributed by atoms with van der Waals surface area (Å²) in [5.74, 6) is 0. The molecule has 1 fully saturated rings. The van der Waals surface area contributed by atoms with Crippen LogP contribution in [0.5, 0.6) is 6.01 Å². The molecule has 3 aliphatic heterocycles. The molecule has 4 heterocycles. The van der Waals surface area contributed by atoms with Gasteiger partial charge in [-0.3, -0.25) is 0 Å². The minimum atomic E-state index is -0.525. The van der Waals surface area contributed by atoms with Crippen molar-refractivity contribution in [3.8, 4) is 6.01 Å². The summed E-state index contributed by atoms with van der Waals surface area (Å²) in [4.78, 5) is 26.7. The SMILES string of the molecule is Cc1cccc2cccc(C3Cc4nc(OC[C@@H]5CCCN5C)nc(C5=CCN(C(=O)OC(C)(C)C)CC5)c4CO3)c12. The highest BCUT2D eigenvalue weighted by atomic mass is 16.6. The maximum atomic E-state index is 12.7. The Labute approximate surface area is 248 Å². The highest BCUT2D eigenvalue weighted by molar-refractivity contribution is 5.89. The van der Waals surface area contributed by atoms with Crippen LogP contribution in [0, 0.1) is 6.92 Å². The zero-order valence-corrected chi connectivity index (χ0v) is 25.5. The molecule has 2 atom stereocenters. The monoisotopic (exact) mass is 570 g/mol. The number of ether oxygens (including phenoxy) is 3. The van der Waals surface area contributed by atoms with E-state index in [1.807, 2.05) is 20.8 Å². The predicted molar refractivity (Wildman–Crippen MR) is 163 cm³/mol. The molecule has 0 aliphatic carbocycles. The lowest BCUT2D eigenvalue weighted by Crippen LogP contribution is -2.39. The average Bonchev–Trinajstić information content (AvgIpc) is 3.38. The van der Waals surface area contributed by atoms with Crippen molar-refractivity contribution >= 4 is 22.4 Å². The zero-order valence-electron chi connectivity index (χ0n) is 25.5. The van der Waals surface area contributed by atoms with E-state index in [-0.39, 0.29) is 12.2 Å². The minimum absolute atomic E-state index is 0.109. The van der Waals surface area contributed by atoms with Gasteiger partial charge in [0.05, 0.1) is 24.1 Å². The second kappa shape index (κ2) is 11.7. The van der Waals surface area contributed by atoms with Gasteiger partial charge in [-0.15, -0.1) is 0 Å². The summed E-state index contributed by atoms with van der Waals surface area (Å²) in [6, 6.07) is 13.7. The molecule has 6 rings (SSSR count). The third-order valence-electron chi connectivity index (χ3n) is 8.61. The van der Waals surface area contributed by atoms with E-state index in [2.05, 4.69) is 61.3 Å². The number of aryl methyl sites for hydroxylation is 1. The molecule has 0 bridgehead atoms. The summed E-state index contributed by atoms with van der Waals surface area (Å²) in [6.07, 6.45) is 5.33. The number of benzene rings is 2. The van der Waals surface area contributed by atoms with Crippen LogP contribution in [-0.2, 0) is 22.5 Å². The maximum absolute atomic E-state index is 12.7. The molecule has 42 heavy (non-hydrogen) atoms. The summed E-state index contributed by atoms with van der Waals surface area (Å²) in [6.45, 7) is 11.0. The van der Waals surface area contributed by atoms with Crippen LogP contribution in [0.3, 0.4) is 0 Å². The van der Waals surface area contributed by atoms with E-state index in [1.54, 1.807) is 4.90 Å². The lowest BCUT2D eigenvalue weighted by molar-refractivity contribution is 0.0253. The number of likely N-dealkylation sites (N-methyl/N-ethyl adjacent to an activating group) is 1. The molecule has 3 aliphatic rings. The number of nitrogens with zero attached hydrogens (tertiary/aromatic N) is 4. The Hall–Kier alpha value is -3.49. The Bertz CT molecular complexity index is 1510. The van der Waals surface area contributed by atoms with Crippen LogP contribution in [0.4, 0.5) is 4.79 Å². The van der Waals surface area contributed by atoms with E-state index in [0.29, 0.717) is 51.2 Å². The standard InChI is InChI=1S/C34H42N4O4/c1-22-9-6-10-23-11-7-13-26(30(22)23)29-19-28-27(21-40-29)31(36-32(35-28)41-20-25-12-8-16-37(25)5)24-14-17-38(18-15-24)33(39)42-34(2,3)4/h6-7,9-11,13-14,25,29H,8,12,15-21H2,1-5H3/t25-,29?/m0/s1. The Balaban J connectivity index is 1.31. The number of rotatable bonds is 5. The lowest BCUT2D eigenvalue weighted by atomic mass is 9.91. The summed E-state index contributed by atoms with van der Waals surface area (Å²) < 4.78 is 18.4. The van der Waals surface area contributed by atoms with Crippen LogP contribution in [0.25, 0.3) is 16.3 Å². The van der Waals surface area contributed by atoms with Gasteiger partial charge in [0.1, 0.15) is 12.2 Å². The fraction of sp³-hybridized carbons (Fsp3) is 0.500. The molecule has 3 aromatic rings. The molecule has 0 radical (unpaired) electrons. The summed E-state index contributed by atoms with van der Waals surface area (Å²) in [5, 5.41) is 2.47. The molecule has 1 aromatic heterocycles. The molecule has 0 saturated carbocycles. The molecule has 1 saturated heterocycles. The van der Waals surface area contributed by atoms with Crippen molar-refractivity contribution in [1.29, 1.82) is 0 Å². The summed E-state index contributed by atoms with van der Waals surface area (Å²) in [7, 11) is 2.15. The zero-order chi connectivity index (χ0) is 29.4. The van der Waals surface area contributed by atoms with Crippen LogP contribution in [0.15, 0.2) is 42.5 Å². The molecule has 1 unspecified atom stereocenters. The van der Waals surface area contributed by atoms with Crippen LogP contribution in [0.1, 0.15) is 74.2 Å². The molecule has 2 aromatic carbocycles. The van der Waals surface area contributed by atoms with Crippen LogP contribution < -0.4 is 4.74 Å². The molecule has 0 N–H and O–H groups in total. The number of aromatic nitrogens is 2. The normalized spacial score (nSPS) is 21.3. The number of amides is 1. The minimum Gasteiger partial charge on any atom is -0.462 e. The van der Waals surface area contributed by atoms with Crippen molar-refractivity contribution in [3.05, 3.63) is 70.6 Å². The second-order valence-electron chi connectivity index (χ2n) is 12.8. The van der Waals surface area contributed by atoms with Gasteiger partial charge in [-0.05, 0) is 88.0 Å². The summed E-state index contributed by atoms with van der Waals surface area (Å²) in [5.41, 5.74) is 5.88. The van der Waals surface area contributed by atoms with E-state index >= 15 is 0 Å². The van der Waals surface area contributed by atoms with Gasteiger partial charge in [0.15, 0.2) is 0 Å². The van der Waals surface area contributed by atoms with Gasteiger partial charge >= 0.3 is 12.1 Å². The number of carbonyl (C=O) groups excluding carboxylic acids is 1. The van der Waals surface area contributed by atoms with Crippen LogP contribution >= 0.6 is 0 Å². The van der Waals surface area contributed by atoms with Crippen molar-refractivity contribution in [3.63, 3.8) is 0 Å². The average molecular weight is 571 g/mol. The summed E-state index contributed by atoms with van der Waals surface area (Å²) >= 11 is 0. The van der Waals surface area contributed by atoms with Crippen LogP contribution in [0.2, 0.25) is 0 Å². The Morgan fingerprint density at radius 2 is 1.93 bits per heavy atom. The van der Waals surface area contributed by atoms with Gasteiger partial charge in [-0.25, -0.2) is 4.79 Å². The largest absolute Gasteiger partial charge is 0.462 e. The quantitative estimate of drug-likeness (QED) is 0.359. The first-order valence-electron chi connectivity index (χ1n) is 15.2. The van der Waals surface area contributed by atoms with Crippen molar-refractivity contribution in [2.75, 3.05) is 33.3 Å². The number of likely N-dealkylation sites (tertiary alicyclic amines) is 1. The van der Waals surface area contributed by atoms with Crippen LogP contribution in [-0.4, -0.2) is 70.8 Å². The van der Waals surface area contributed by atoms with Crippen molar-refractivity contribution in [2.24, 2.45) is 0 Å². The van der Waals surface area contributed by atoms with Gasteiger partial charge in [-0.2, -0.15) is 9.97 Å². The Morgan fingerprint density at radius 3 is 2.64 bits per heavy atom.